The Morgan fingerprint density at radius 2 is 1.95 bits per heavy atom. The summed E-state index contributed by atoms with van der Waals surface area (Å²) in [6, 6.07) is 8.51. The van der Waals surface area contributed by atoms with Crippen molar-refractivity contribution >= 4 is 29.9 Å². The minimum atomic E-state index is 0. The zero-order valence-corrected chi connectivity index (χ0v) is 13.9. The van der Waals surface area contributed by atoms with Gasteiger partial charge in [0.05, 0.1) is 13.2 Å². The molecule has 0 saturated carbocycles. The maximum atomic E-state index is 5.37. The average Bonchev–Trinajstić information content (AvgIpc) is 2.81. The van der Waals surface area contributed by atoms with Gasteiger partial charge in [0.25, 0.3) is 0 Å². The van der Waals surface area contributed by atoms with Crippen LogP contribution in [0.4, 0.5) is 0 Å². The number of hydrogen-bond donors (Lipinski definition) is 1. The van der Waals surface area contributed by atoms with Crippen molar-refractivity contribution in [1.82, 2.24) is 10.2 Å². The van der Waals surface area contributed by atoms with Gasteiger partial charge in [-0.2, -0.15) is 0 Å². The summed E-state index contributed by atoms with van der Waals surface area (Å²) < 4.78 is 5.37. The Morgan fingerprint density at radius 1 is 1.26 bits per heavy atom. The zero-order valence-electron chi connectivity index (χ0n) is 11.6. The molecular formula is C14H22IN3O. The molecule has 0 unspecified atom stereocenters. The van der Waals surface area contributed by atoms with Gasteiger partial charge < -0.3 is 15.0 Å². The highest BCUT2D eigenvalue weighted by Gasteiger charge is 2.10. The van der Waals surface area contributed by atoms with Gasteiger partial charge in [-0.05, 0) is 18.1 Å². The van der Waals surface area contributed by atoms with E-state index in [9.17, 15) is 0 Å². The number of rotatable bonds is 5. The molecule has 4 nitrogen and oxygen atoms in total. The van der Waals surface area contributed by atoms with E-state index in [1.807, 2.05) is 6.92 Å². The number of guanidine groups is 1. The Kier molecular flexibility index (Phi) is 7.15. The predicted octanol–water partition coefficient (Wildman–Crippen LogP) is 2.23. The first-order valence-electron chi connectivity index (χ1n) is 6.44. The summed E-state index contributed by atoms with van der Waals surface area (Å²) in [5.74, 6) is 0.994. The number of nitrogens with one attached hydrogen (secondary N) is 1. The van der Waals surface area contributed by atoms with E-state index in [0.29, 0.717) is 6.61 Å². The van der Waals surface area contributed by atoms with Crippen LogP contribution in [0, 0.1) is 0 Å². The van der Waals surface area contributed by atoms with Gasteiger partial charge in [-0.15, -0.1) is 24.0 Å². The molecule has 1 aliphatic rings. The minimum absolute atomic E-state index is 0. The van der Waals surface area contributed by atoms with Gasteiger partial charge in [-0.1, -0.05) is 24.3 Å². The lowest BCUT2D eigenvalue weighted by molar-refractivity contribution is 0.134. The molecule has 0 saturated heterocycles. The lowest BCUT2D eigenvalue weighted by Gasteiger charge is -2.15. The monoisotopic (exact) mass is 375 g/mol. The lowest BCUT2D eigenvalue weighted by Crippen LogP contribution is -2.35. The van der Waals surface area contributed by atoms with Crippen LogP contribution in [0.15, 0.2) is 29.3 Å². The number of hydrogen-bond acceptors (Lipinski definition) is 4. The first kappa shape index (κ1) is 16.2. The third-order valence-electron chi connectivity index (χ3n) is 3.01. The predicted molar refractivity (Wildman–Crippen MR) is 89.0 cm³/mol. The first-order valence-corrected chi connectivity index (χ1v) is 6.44. The summed E-state index contributed by atoms with van der Waals surface area (Å²) in [5.41, 5.74) is 2.48. The Morgan fingerprint density at radius 3 is 2.53 bits per heavy atom. The molecule has 1 aromatic carbocycles. The minimum Gasteiger partial charge on any atom is -0.377 e. The summed E-state index contributed by atoms with van der Waals surface area (Å²) in [4.78, 5) is 6.54. The Hall–Kier alpha value is -0.820. The fourth-order valence-corrected chi connectivity index (χ4v) is 1.88. The molecule has 0 amide bonds. The van der Waals surface area contributed by atoms with E-state index in [2.05, 4.69) is 46.5 Å². The summed E-state index contributed by atoms with van der Waals surface area (Å²) >= 11 is 0. The molecule has 1 N–H and O–H groups in total. The zero-order chi connectivity index (χ0) is 12.8. The van der Waals surface area contributed by atoms with Crippen LogP contribution in [-0.4, -0.2) is 37.6 Å². The maximum Gasteiger partial charge on any atom is 0.194 e. The SMILES string of the molecule is CCOCc1ccc(CNC2=NCCN2C)cc1.I. The van der Waals surface area contributed by atoms with Gasteiger partial charge in [-0.25, -0.2) is 0 Å². The standard InChI is InChI=1S/C14H21N3O.HI/c1-3-18-11-13-6-4-12(5-7-13)10-16-14-15-8-9-17(14)2;/h4-7H,3,8-11H2,1-2H3,(H,15,16);1H. The van der Waals surface area contributed by atoms with Crippen molar-refractivity contribution < 1.29 is 4.74 Å². The molecule has 0 radical (unpaired) electrons. The third kappa shape index (κ3) is 4.99. The van der Waals surface area contributed by atoms with E-state index in [4.69, 9.17) is 4.74 Å². The van der Waals surface area contributed by atoms with Gasteiger partial charge in [0, 0.05) is 26.7 Å². The second-order valence-corrected chi connectivity index (χ2v) is 4.43. The van der Waals surface area contributed by atoms with Crippen LogP contribution in [-0.2, 0) is 17.9 Å². The van der Waals surface area contributed by atoms with Crippen molar-refractivity contribution in [1.29, 1.82) is 0 Å². The van der Waals surface area contributed by atoms with Crippen molar-refractivity contribution in [3.05, 3.63) is 35.4 Å². The van der Waals surface area contributed by atoms with Crippen molar-refractivity contribution in [2.45, 2.75) is 20.1 Å². The van der Waals surface area contributed by atoms with E-state index >= 15 is 0 Å². The normalized spacial score (nSPS) is 14.0. The highest BCUT2D eigenvalue weighted by atomic mass is 127. The molecule has 0 fully saturated rings. The fourth-order valence-electron chi connectivity index (χ4n) is 1.88. The molecular weight excluding hydrogens is 353 g/mol. The van der Waals surface area contributed by atoms with Crippen molar-refractivity contribution in [3.63, 3.8) is 0 Å². The van der Waals surface area contributed by atoms with Gasteiger partial charge in [-0.3, -0.25) is 4.99 Å². The molecule has 1 aliphatic heterocycles. The van der Waals surface area contributed by atoms with Crippen LogP contribution in [0.5, 0.6) is 0 Å². The second kappa shape index (κ2) is 8.37. The van der Waals surface area contributed by atoms with E-state index in [1.165, 1.54) is 11.1 Å². The topological polar surface area (TPSA) is 36.9 Å². The van der Waals surface area contributed by atoms with Gasteiger partial charge in [0.15, 0.2) is 5.96 Å². The quantitative estimate of drug-likeness (QED) is 0.803. The van der Waals surface area contributed by atoms with Crippen LogP contribution < -0.4 is 5.32 Å². The molecule has 1 heterocycles. The van der Waals surface area contributed by atoms with Gasteiger partial charge >= 0.3 is 0 Å². The largest absolute Gasteiger partial charge is 0.377 e. The molecule has 1 aromatic rings. The van der Waals surface area contributed by atoms with E-state index < -0.39 is 0 Å². The lowest BCUT2D eigenvalue weighted by atomic mass is 10.1. The van der Waals surface area contributed by atoms with Crippen molar-refractivity contribution in [2.75, 3.05) is 26.7 Å². The van der Waals surface area contributed by atoms with Crippen LogP contribution in [0.25, 0.3) is 0 Å². The van der Waals surface area contributed by atoms with Gasteiger partial charge in [0.1, 0.15) is 0 Å². The average molecular weight is 375 g/mol. The molecule has 0 aliphatic carbocycles. The molecule has 0 bridgehead atoms. The maximum absolute atomic E-state index is 5.37. The summed E-state index contributed by atoms with van der Waals surface area (Å²) in [5, 5.41) is 3.35. The molecule has 0 spiro atoms. The Balaban J connectivity index is 0.00000180. The van der Waals surface area contributed by atoms with Gasteiger partial charge in [0.2, 0.25) is 0 Å². The number of nitrogens with zero attached hydrogens (tertiary/aromatic N) is 2. The number of aliphatic imine (C=N–C) groups is 1. The van der Waals surface area contributed by atoms with Crippen LogP contribution in [0.3, 0.4) is 0 Å². The summed E-state index contributed by atoms with van der Waals surface area (Å²) in [6.07, 6.45) is 0. The molecule has 2 rings (SSSR count). The number of benzene rings is 1. The molecule has 5 heteroatoms. The van der Waals surface area contributed by atoms with E-state index in [0.717, 1.165) is 32.2 Å². The van der Waals surface area contributed by atoms with Crippen LogP contribution in [0.2, 0.25) is 0 Å². The molecule has 0 atom stereocenters. The smallest absolute Gasteiger partial charge is 0.194 e. The second-order valence-electron chi connectivity index (χ2n) is 4.43. The fraction of sp³-hybridized carbons (Fsp3) is 0.500. The summed E-state index contributed by atoms with van der Waals surface area (Å²) in [7, 11) is 2.06. The van der Waals surface area contributed by atoms with Crippen molar-refractivity contribution in [2.24, 2.45) is 4.99 Å². The highest BCUT2D eigenvalue weighted by Crippen LogP contribution is 2.06. The van der Waals surface area contributed by atoms with Crippen LogP contribution in [0.1, 0.15) is 18.1 Å². The van der Waals surface area contributed by atoms with Crippen LogP contribution >= 0.6 is 24.0 Å². The molecule has 19 heavy (non-hydrogen) atoms. The van der Waals surface area contributed by atoms with E-state index in [-0.39, 0.29) is 24.0 Å². The molecule has 0 aromatic heterocycles. The Labute approximate surface area is 132 Å². The molecule has 106 valence electrons. The van der Waals surface area contributed by atoms with Crippen molar-refractivity contribution in [3.8, 4) is 0 Å². The highest BCUT2D eigenvalue weighted by molar-refractivity contribution is 14.0. The third-order valence-corrected chi connectivity index (χ3v) is 3.01. The number of halogens is 1. The Bertz CT molecular complexity index is 406. The summed E-state index contributed by atoms with van der Waals surface area (Å²) in [6.45, 7) is 6.19. The van der Waals surface area contributed by atoms with E-state index in [1.54, 1.807) is 0 Å². The first-order chi connectivity index (χ1) is 8.79. The number of ether oxygens (including phenoxy) is 1. The number of likely N-dealkylation sites (N-methyl/N-ethyl adjacent to an activating group) is 1.